The minimum Gasteiger partial charge on any atom is -0.432 e. The topological polar surface area (TPSA) is 166 Å². The van der Waals surface area contributed by atoms with Crippen molar-refractivity contribution in [2.24, 2.45) is 16.1 Å². The van der Waals surface area contributed by atoms with Gasteiger partial charge < -0.3 is 19.5 Å². The number of hydrogen-bond donors (Lipinski definition) is 2. The number of hydrazone groups is 2. The Hall–Kier alpha value is -6.91. The fourth-order valence-electron chi connectivity index (χ4n) is 10.6. The zero-order valence-electron chi connectivity index (χ0n) is 38.4. The first-order valence-corrected chi connectivity index (χ1v) is 26.4. The predicted octanol–water partition coefficient (Wildman–Crippen LogP) is 7.90. The molecule has 346 valence electrons. The van der Waals surface area contributed by atoms with Crippen LogP contribution in [0.4, 0.5) is 17.1 Å². The normalized spacial score (nSPS) is 22.2. The van der Waals surface area contributed by atoms with Crippen molar-refractivity contribution in [2.45, 2.75) is 88.4 Å². The Labute approximate surface area is 396 Å². The number of carbonyl (C=O) groups excluding carboxylic acids is 3. The van der Waals surface area contributed by atoms with Gasteiger partial charge in [0, 0.05) is 55.4 Å². The maximum Gasteiger partial charge on any atom is 0.264 e. The van der Waals surface area contributed by atoms with Crippen LogP contribution in [0.25, 0.3) is 0 Å². The molecule has 5 atom stereocenters. The molecule has 1 fully saturated rings. The molecule has 5 heterocycles. The molecule has 0 radical (unpaired) electrons. The lowest BCUT2D eigenvalue weighted by molar-refractivity contribution is -0.146. The highest BCUT2D eigenvalue weighted by Crippen LogP contribution is 2.60. The molecule has 6 aromatic rings. The summed E-state index contributed by atoms with van der Waals surface area (Å²) in [6.07, 6.45) is 3.39. The van der Waals surface area contributed by atoms with Gasteiger partial charge in [-0.2, -0.15) is 10.2 Å². The number of anilines is 3. The molecule has 0 saturated carbocycles. The van der Waals surface area contributed by atoms with Crippen molar-refractivity contribution in [3.05, 3.63) is 173 Å². The zero-order valence-corrected chi connectivity index (χ0v) is 39.4. The lowest BCUT2D eigenvalue weighted by atomic mass is 9.82. The number of hydrogen-bond acceptors (Lipinski definition) is 10. The first-order chi connectivity index (χ1) is 32.9. The molecule has 1 unspecified atom stereocenters. The Bertz CT molecular complexity index is 2910. The predicted molar refractivity (Wildman–Crippen MR) is 263 cm³/mol. The van der Waals surface area contributed by atoms with Crippen LogP contribution in [-0.4, -0.2) is 75.1 Å². The van der Waals surface area contributed by atoms with Crippen LogP contribution in [0.2, 0.25) is 18.6 Å². The van der Waals surface area contributed by atoms with Crippen molar-refractivity contribution >= 4 is 54.5 Å². The molecular weight excluding hydrogens is 873 g/mol. The molecule has 4 aliphatic heterocycles. The summed E-state index contributed by atoms with van der Waals surface area (Å²) in [6, 6.07) is 42.5. The van der Waals surface area contributed by atoms with Crippen molar-refractivity contribution in [3.8, 4) is 0 Å². The summed E-state index contributed by atoms with van der Waals surface area (Å²) in [6.45, 7) is 6.24. The third-order valence-electron chi connectivity index (χ3n) is 14.0. The van der Waals surface area contributed by atoms with E-state index >= 15 is 4.79 Å². The van der Waals surface area contributed by atoms with Crippen molar-refractivity contribution < 1.29 is 29.0 Å². The van der Waals surface area contributed by atoms with Crippen molar-refractivity contribution in [3.63, 3.8) is 0 Å². The van der Waals surface area contributed by atoms with Gasteiger partial charge in [-0.25, -0.2) is 10.0 Å². The number of aryl methyl sites for hydroxylation is 1. The van der Waals surface area contributed by atoms with Gasteiger partial charge in [0.2, 0.25) is 11.8 Å². The van der Waals surface area contributed by atoms with Crippen LogP contribution in [0.5, 0.6) is 0 Å². The van der Waals surface area contributed by atoms with Gasteiger partial charge in [-0.05, 0) is 72.1 Å². The van der Waals surface area contributed by atoms with Crippen molar-refractivity contribution in [1.29, 1.82) is 0 Å². The molecule has 1 aromatic heterocycles. The summed E-state index contributed by atoms with van der Waals surface area (Å²) in [5.74, 6) is -1.33. The fourth-order valence-corrected chi connectivity index (χ4v) is 13.2. The van der Waals surface area contributed by atoms with E-state index in [1.165, 1.54) is 10.0 Å². The van der Waals surface area contributed by atoms with Gasteiger partial charge >= 0.3 is 0 Å². The number of amides is 3. The van der Waals surface area contributed by atoms with Crippen LogP contribution in [0, 0.1) is 5.92 Å². The summed E-state index contributed by atoms with van der Waals surface area (Å²) in [4.78, 5) is 56.3. The number of fused-ring (bicyclic) bond motifs is 2. The van der Waals surface area contributed by atoms with Crippen LogP contribution in [0.3, 0.4) is 0 Å². The molecule has 4 aliphatic rings. The third-order valence-corrected chi connectivity index (χ3v) is 16.5. The third kappa shape index (κ3) is 8.29. The van der Waals surface area contributed by atoms with E-state index in [4.69, 9.17) is 14.9 Å². The average Bonchev–Trinajstić information content (AvgIpc) is 4.02. The molecule has 2 N–H and O–H groups in total. The quantitative estimate of drug-likeness (QED) is 0.110. The number of ether oxygens (including phenoxy) is 1. The molecule has 5 aromatic carbocycles. The summed E-state index contributed by atoms with van der Waals surface area (Å²) < 4.78 is 8.97. The Balaban J connectivity index is 0.990. The van der Waals surface area contributed by atoms with Gasteiger partial charge in [-0.15, -0.1) is 5.10 Å². The minimum absolute atomic E-state index is 0.0936. The van der Waals surface area contributed by atoms with E-state index in [2.05, 4.69) is 10.3 Å². The van der Waals surface area contributed by atoms with E-state index in [1.807, 2.05) is 160 Å². The summed E-state index contributed by atoms with van der Waals surface area (Å²) in [7, 11) is -3.05. The standard InChI is InChI=1S/C53H54N8O6Si/c1-35-51(68(2,3)66)48(29-30-58-33-46(54-57-58)42(34-62)37-13-7-4-8-14-37)67-53(35)43-31-41(61-50(64)28-25-45(56-61)39-17-11-6-12-18-39)23-26-47(43)59(52(53)65)32-36-19-21-40(22-20-36)60-49(63)27-24-44(55-60)38-15-9-5-10-16-38/h4-23,26,31,33,35,42,48,51,62,66H,24-25,27-30,32,34H2,1-3H3/t35-,42?,48+,51-,53+/m0/s1. The van der Waals surface area contributed by atoms with Gasteiger partial charge in [0.1, 0.15) is 0 Å². The molecule has 3 amide bonds. The maximum atomic E-state index is 15.6. The number of benzene rings is 5. The second kappa shape index (κ2) is 18.3. The second-order valence-electron chi connectivity index (χ2n) is 18.7. The van der Waals surface area contributed by atoms with E-state index in [1.54, 1.807) is 9.58 Å². The lowest BCUT2D eigenvalue weighted by Crippen LogP contribution is -2.46. The van der Waals surface area contributed by atoms with Gasteiger partial charge in [0.05, 0.1) is 59.4 Å². The van der Waals surface area contributed by atoms with E-state index in [0.717, 1.165) is 33.7 Å². The monoisotopic (exact) mass is 926 g/mol. The van der Waals surface area contributed by atoms with Crippen LogP contribution in [0.1, 0.15) is 78.5 Å². The van der Waals surface area contributed by atoms with E-state index in [0.29, 0.717) is 60.5 Å². The second-order valence-corrected chi connectivity index (χ2v) is 22.7. The number of aliphatic hydroxyl groups is 1. The smallest absolute Gasteiger partial charge is 0.264 e. The van der Waals surface area contributed by atoms with Crippen molar-refractivity contribution in [2.75, 3.05) is 21.5 Å². The van der Waals surface area contributed by atoms with Gasteiger partial charge in [0.25, 0.3) is 5.91 Å². The minimum atomic E-state index is -3.05. The number of rotatable bonds is 13. The number of aliphatic hydroxyl groups excluding tert-OH is 1. The van der Waals surface area contributed by atoms with Crippen molar-refractivity contribution in [1.82, 2.24) is 15.0 Å². The molecule has 1 saturated heterocycles. The van der Waals surface area contributed by atoms with Gasteiger partial charge in [-0.1, -0.05) is 115 Å². The number of nitrogens with zero attached hydrogens (tertiary/aromatic N) is 8. The molecule has 14 nitrogen and oxygen atoms in total. The van der Waals surface area contributed by atoms with Gasteiger partial charge in [0.15, 0.2) is 13.9 Å². The Morgan fingerprint density at radius 1 is 0.750 bits per heavy atom. The highest BCUT2D eigenvalue weighted by atomic mass is 28.4. The van der Waals surface area contributed by atoms with Crippen LogP contribution < -0.4 is 14.9 Å². The summed E-state index contributed by atoms with van der Waals surface area (Å²) >= 11 is 0. The van der Waals surface area contributed by atoms with Gasteiger partial charge in [-0.3, -0.25) is 19.1 Å². The first kappa shape index (κ1) is 44.9. The fraction of sp³-hybridized carbons (Fsp3) is 0.302. The lowest BCUT2D eigenvalue weighted by Gasteiger charge is -2.32. The molecule has 0 bridgehead atoms. The Kier molecular flexibility index (Phi) is 12.1. The van der Waals surface area contributed by atoms with Crippen LogP contribution in [-0.2, 0) is 37.8 Å². The SMILES string of the molecule is C[C@H]1[C@H]([Si](C)(C)O)[C@@H](CCn2cc(C(CO)c3ccccc3)nn2)O[C@]12C(=O)N(Cc1ccc(N3N=C(c4ccccc4)CCC3=O)cc1)c1ccc(N3N=C(c4ccccc4)CCC3=O)cc12. The molecule has 10 rings (SSSR count). The molecule has 0 aliphatic carbocycles. The van der Waals surface area contributed by atoms with E-state index < -0.39 is 25.9 Å². The Morgan fingerprint density at radius 3 is 1.91 bits per heavy atom. The van der Waals surface area contributed by atoms with Crippen LogP contribution >= 0.6 is 0 Å². The van der Waals surface area contributed by atoms with Crippen LogP contribution in [0.15, 0.2) is 150 Å². The average molecular weight is 927 g/mol. The highest BCUT2D eigenvalue weighted by Gasteiger charge is 2.66. The maximum absolute atomic E-state index is 15.6. The highest BCUT2D eigenvalue weighted by molar-refractivity contribution is 6.71. The Morgan fingerprint density at radius 2 is 1.32 bits per heavy atom. The summed E-state index contributed by atoms with van der Waals surface area (Å²) in [5.41, 5.74) is 6.45. The molecule has 68 heavy (non-hydrogen) atoms. The molecule has 1 spiro atoms. The number of carbonyl (C=O) groups is 3. The number of aromatic nitrogens is 3. The zero-order chi connectivity index (χ0) is 47.2. The summed E-state index contributed by atoms with van der Waals surface area (Å²) in [5, 5.41) is 31.7. The first-order valence-electron chi connectivity index (χ1n) is 23.4. The van der Waals surface area contributed by atoms with E-state index in [9.17, 15) is 19.5 Å². The molecule has 15 heteroatoms. The largest absolute Gasteiger partial charge is 0.432 e. The molecular formula is C53H54N8O6Si. The van der Waals surface area contributed by atoms with E-state index in [-0.39, 0.29) is 48.8 Å².